The molecule has 1 atom stereocenters. The SMILES string of the molecule is CCCCNC(=O)C(CC)N(Cc1ccccc1C)C(=O)CN(c1ccccc1C)S(=O)(=O)c1ccccc1. The second-order valence-corrected chi connectivity index (χ2v) is 11.5. The maximum absolute atomic E-state index is 14.1. The lowest BCUT2D eigenvalue weighted by atomic mass is 10.1. The first kappa shape index (κ1) is 29.9. The topological polar surface area (TPSA) is 86.8 Å². The molecule has 0 radical (unpaired) electrons. The van der Waals surface area contributed by atoms with Gasteiger partial charge in [-0.2, -0.15) is 0 Å². The van der Waals surface area contributed by atoms with Gasteiger partial charge in [0.25, 0.3) is 10.0 Å². The molecule has 0 bridgehead atoms. The lowest BCUT2D eigenvalue weighted by Crippen LogP contribution is -2.52. The zero-order chi connectivity index (χ0) is 28.4. The Labute approximate surface area is 232 Å². The Bertz CT molecular complexity index is 1360. The first-order chi connectivity index (χ1) is 18.7. The van der Waals surface area contributed by atoms with Crippen molar-refractivity contribution in [1.29, 1.82) is 0 Å². The summed E-state index contributed by atoms with van der Waals surface area (Å²) in [6.07, 6.45) is 2.17. The fourth-order valence-corrected chi connectivity index (χ4v) is 5.97. The largest absolute Gasteiger partial charge is 0.354 e. The van der Waals surface area contributed by atoms with Gasteiger partial charge in [0.15, 0.2) is 0 Å². The third-order valence-corrected chi connectivity index (χ3v) is 8.59. The number of rotatable bonds is 13. The van der Waals surface area contributed by atoms with Gasteiger partial charge in [0.1, 0.15) is 12.6 Å². The van der Waals surface area contributed by atoms with E-state index in [1.807, 2.05) is 64.1 Å². The first-order valence-electron chi connectivity index (χ1n) is 13.5. The van der Waals surface area contributed by atoms with Gasteiger partial charge >= 0.3 is 0 Å². The summed E-state index contributed by atoms with van der Waals surface area (Å²) in [7, 11) is -4.07. The van der Waals surface area contributed by atoms with Crippen LogP contribution in [-0.2, 0) is 26.2 Å². The van der Waals surface area contributed by atoms with Crippen LogP contribution < -0.4 is 9.62 Å². The fourth-order valence-electron chi connectivity index (χ4n) is 4.47. The normalized spacial score (nSPS) is 12.0. The number of carbonyl (C=O) groups excluding carboxylic acids is 2. The molecule has 0 aromatic heterocycles. The van der Waals surface area contributed by atoms with E-state index in [4.69, 9.17) is 0 Å². The van der Waals surface area contributed by atoms with Gasteiger partial charge in [-0.15, -0.1) is 0 Å². The number of unbranched alkanes of at least 4 members (excludes halogenated alkanes) is 1. The predicted molar refractivity (Wildman–Crippen MR) is 156 cm³/mol. The molecule has 0 spiro atoms. The van der Waals surface area contributed by atoms with Crippen molar-refractivity contribution in [3.05, 3.63) is 95.6 Å². The highest BCUT2D eigenvalue weighted by Gasteiger charge is 2.34. The number of aryl methyl sites for hydroxylation is 2. The molecule has 208 valence electrons. The summed E-state index contributed by atoms with van der Waals surface area (Å²) >= 11 is 0. The van der Waals surface area contributed by atoms with Gasteiger partial charge in [-0.25, -0.2) is 8.42 Å². The number of amides is 2. The predicted octanol–water partition coefficient (Wildman–Crippen LogP) is 5.22. The maximum atomic E-state index is 14.1. The van der Waals surface area contributed by atoms with Crippen LogP contribution in [0.2, 0.25) is 0 Å². The van der Waals surface area contributed by atoms with Crippen molar-refractivity contribution in [3.63, 3.8) is 0 Å². The van der Waals surface area contributed by atoms with Gasteiger partial charge in [0, 0.05) is 13.1 Å². The molecular formula is C31H39N3O4S. The van der Waals surface area contributed by atoms with Crippen LogP contribution in [0.15, 0.2) is 83.8 Å². The Kier molecular flexibility index (Phi) is 10.7. The summed E-state index contributed by atoms with van der Waals surface area (Å²) in [5.41, 5.74) is 3.04. The van der Waals surface area contributed by atoms with Crippen molar-refractivity contribution in [2.24, 2.45) is 0 Å². The van der Waals surface area contributed by atoms with E-state index < -0.39 is 28.5 Å². The van der Waals surface area contributed by atoms with Crippen LogP contribution in [0.4, 0.5) is 5.69 Å². The molecule has 0 aliphatic rings. The third kappa shape index (κ3) is 7.47. The Balaban J connectivity index is 2.04. The van der Waals surface area contributed by atoms with Crippen LogP contribution in [-0.4, -0.2) is 44.3 Å². The number of para-hydroxylation sites is 1. The molecule has 3 rings (SSSR count). The fraction of sp³-hybridized carbons (Fsp3) is 0.355. The Hall–Kier alpha value is -3.65. The number of anilines is 1. The van der Waals surface area contributed by atoms with E-state index in [9.17, 15) is 18.0 Å². The quantitative estimate of drug-likeness (QED) is 0.296. The van der Waals surface area contributed by atoms with Crippen molar-refractivity contribution < 1.29 is 18.0 Å². The van der Waals surface area contributed by atoms with Crippen LogP contribution in [0.25, 0.3) is 0 Å². The van der Waals surface area contributed by atoms with E-state index in [0.717, 1.165) is 33.8 Å². The van der Waals surface area contributed by atoms with Crippen LogP contribution >= 0.6 is 0 Å². The molecule has 0 saturated heterocycles. The van der Waals surface area contributed by atoms with E-state index >= 15 is 0 Å². The smallest absolute Gasteiger partial charge is 0.264 e. The van der Waals surface area contributed by atoms with Crippen LogP contribution in [0.5, 0.6) is 0 Å². The van der Waals surface area contributed by atoms with Crippen molar-refractivity contribution in [3.8, 4) is 0 Å². The lowest BCUT2D eigenvalue weighted by molar-refractivity contribution is -0.140. The minimum absolute atomic E-state index is 0.0934. The average molecular weight is 550 g/mol. The van der Waals surface area contributed by atoms with E-state index in [0.29, 0.717) is 18.7 Å². The van der Waals surface area contributed by atoms with Crippen LogP contribution in [0.1, 0.15) is 49.8 Å². The molecule has 1 unspecified atom stereocenters. The zero-order valence-electron chi connectivity index (χ0n) is 23.3. The van der Waals surface area contributed by atoms with E-state index in [1.165, 1.54) is 17.0 Å². The van der Waals surface area contributed by atoms with Crippen molar-refractivity contribution in [2.45, 2.75) is 64.4 Å². The van der Waals surface area contributed by atoms with E-state index in [1.54, 1.807) is 30.3 Å². The highest BCUT2D eigenvalue weighted by atomic mass is 32.2. The van der Waals surface area contributed by atoms with Gasteiger partial charge < -0.3 is 10.2 Å². The van der Waals surface area contributed by atoms with Gasteiger partial charge in [0.2, 0.25) is 11.8 Å². The number of carbonyl (C=O) groups is 2. The van der Waals surface area contributed by atoms with Gasteiger partial charge in [-0.05, 0) is 61.6 Å². The number of hydrogen-bond donors (Lipinski definition) is 1. The molecule has 0 heterocycles. The Morgan fingerprint density at radius 1 is 0.846 bits per heavy atom. The summed E-state index contributed by atoms with van der Waals surface area (Å²) in [5, 5.41) is 2.96. The van der Waals surface area contributed by atoms with Crippen LogP contribution in [0, 0.1) is 13.8 Å². The highest BCUT2D eigenvalue weighted by molar-refractivity contribution is 7.92. The maximum Gasteiger partial charge on any atom is 0.264 e. The molecule has 0 aliphatic heterocycles. The van der Waals surface area contributed by atoms with Crippen molar-refractivity contribution in [2.75, 3.05) is 17.4 Å². The highest BCUT2D eigenvalue weighted by Crippen LogP contribution is 2.27. The van der Waals surface area contributed by atoms with E-state index in [2.05, 4.69) is 5.32 Å². The molecule has 3 aromatic rings. The summed E-state index contributed by atoms with van der Waals surface area (Å²) in [4.78, 5) is 29.0. The van der Waals surface area contributed by atoms with E-state index in [-0.39, 0.29) is 17.3 Å². The second-order valence-electron chi connectivity index (χ2n) is 9.63. The average Bonchev–Trinajstić information content (AvgIpc) is 2.93. The second kappa shape index (κ2) is 13.9. The van der Waals surface area contributed by atoms with Crippen molar-refractivity contribution in [1.82, 2.24) is 10.2 Å². The third-order valence-electron chi connectivity index (χ3n) is 6.81. The van der Waals surface area contributed by atoms with Crippen molar-refractivity contribution >= 4 is 27.5 Å². The Morgan fingerprint density at radius 2 is 1.46 bits per heavy atom. The first-order valence-corrected chi connectivity index (χ1v) is 14.9. The lowest BCUT2D eigenvalue weighted by Gasteiger charge is -2.34. The van der Waals surface area contributed by atoms with Gasteiger partial charge in [-0.1, -0.05) is 80.9 Å². The molecular weight excluding hydrogens is 510 g/mol. The number of nitrogens with one attached hydrogen (secondary N) is 1. The van der Waals surface area contributed by atoms with Crippen LogP contribution in [0.3, 0.4) is 0 Å². The molecule has 39 heavy (non-hydrogen) atoms. The molecule has 2 amide bonds. The summed E-state index contributed by atoms with van der Waals surface area (Å²) < 4.78 is 28.9. The molecule has 1 N–H and O–H groups in total. The summed E-state index contributed by atoms with van der Waals surface area (Å²) in [6, 6.07) is 22.1. The van der Waals surface area contributed by atoms with Gasteiger partial charge in [-0.3, -0.25) is 13.9 Å². The number of nitrogens with zero attached hydrogens (tertiary/aromatic N) is 2. The summed E-state index contributed by atoms with van der Waals surface area (Å²) in [5.74, 6) is -0.681. The number of hydrogen-bond acceptors (Lipinski definition) is 4. The molecule has 3 aromatic carbocycles. The molecule has 7 nitrogen and oxygen atoms in total. The van der Waals surface area contributed by atoms with Gasteiger partial charge in [0.05, 0.1) is 10.6 Å². The zero-order valence-corrected chi connectivity index (χ0v) is 24.1. The number of benzene rings is 3. The molecule has 0 saturated carbocycles. The minimum atomic E-state index is -4.07. The summed E-state index contributed by atoms with van der Waals surface area (Å²) in [6.45, 7) is 7.96. The molecule has 8 heteroatoms. The monoisotopic (exact) mass is 549 g/mol. The molecule has 0 fully saturated rings. The Morgan fingerprint density at radius 3 is 2.08 bits per heavy atom. The standard InChI is InChI=1S/C31H39N3O4S/c1-5-7-21-32-31(36)28(6-2)33(22-26-17-13-11-15-24(26)3)30(35)23-34(29-20-14-12-16-25(29)4)39(37,38)27-18-9-8-10-19-27/h8-20,28H,5-7,21-23H2,1-4H3,(H,32,36). The molecule has 0 aliphatic carbocycles. The minimum Gasteiger partial charge on any atom is -0.354 e. The number of sulfonamides is 1.